The summed E-state index contributed by atoms with van der Waals surface area (Å²) in [5, 5.41) is 4.68. The summed E-state index contributed by atoms with van der Waals surface area (Å²) in [5.41, 5.74) is 4.77. The maximum absolute atomic E-state index is 12.8. The van der Waals surface area contributed by atoms with E-state index in [9.17, 15) is 9.18 Å². The van der Waals surface area contributed by atoms with Crippen molar-refractivity contribution in [1.29, 1.82) is 0 Å². The molecule has 0 atom stereocenters. The number of hydrogen-bond acceptors (Lipinski definition) is 2. The molecule has 0 saturated carbocycles. The minimum atomic E-state index is -0.323. The maximum Gasteiger partial charge on any atom is 0.244 e. The van der Waals surface area contributed by atoms with Crippen LogP contribution < -0.4 is 5.43 Å². The summed E-state index contributed by atoms with van der Waals surface area (Å²) in [6.45, 7) is 1.79. The van der Waals surface area contributed by atoms with E-state index in [1.165, 1.54) is 12.1 Å². The summed E-state index contributed by atoms with van der Waals surface area (Å²) in [6, 6.07) is 13.0. The first-order valence-corrected chi connectivity index (χ1v) is 6.76. The number of halogens is 2. The third-order valence-electron chi connectivity index (χ3n) is 2.89. The molecule has 0 unspecified atom stereocenters. The van der Waals surface area contributed by atoms with Gasteiger partial charge in [0.15, 0.2) is 0 Å². The molecular formula is C16H14ClFN2O. The van der Waals surface area contributed by atoms with Crippen molar-refractivity contribution in [2.75, 3.05) is 0 Å². The standard InChI is InChI=1S/C16H14ClFN2O/c1-11(13-4-6-14(17)7-5-13)19-20-16(21)10-12-2-8-15(18)9-3-12/h2-9H,10H2,1H3,(H,20,21)/b19-11+. The average Bonchev–Trinajstić information content (AvgIpc) is 2.48. The number of hydrazone groups is 1. The Morgan fingerprint density at radius 3 is 2.38 bits per heavy atom. The molecule has 0 fully saturated rings. The molecule has 2 aromatic carbocycles. The average molecular weight is 305 g/mol. The van der Waals surface area contributed by atoms with Gasteiger partial charge in [-0.05, 0) is 42.3 Å². The van der Waals surface area contributed by atoms with Crippen LogP contribution in [0.2, 0.25) is 5.02 Å². The second-order valence-corrected chi connectivity index (χ2v) is 4.98. The summed E-state index contributed by atoms with van der Waals surface area (Å²) in [7, 11) is 0. The number of carbonyl (C=O) groups excluding carboxylic acids is 1. The number of rotatable bonds is 4. The number of carbonyl (C=O) groups is 1. The van der Waals surface area contributed by atoms with Crippen LogP contribution in [0.15, 0.2) is 53.6 Å². The van der Waals surface area contributed by atoms with Crippen molar-refractivity contribution in [3.05, 3.63) is 70.5 Å². The minimum Gasteiger partial charge on any atom is -0.273 e. The van der Waals surface area contributed by atoms with Crippen LogP contribution >= 0.6 is 11.6 Å². The molecule has 3 nitrogen and oxygen atoms in total. The van der Waals surface area contributed by atoms with Crippen LogP contribution in [-0.2, 0) is 11.2 Å². The molecule has 0 aliphatic heterocycles. The van der Waals surface area contributed by atoms with Crippen LogP contribution in [0, 0.1) is 5.82 Å². The van der Waals surface area contributed by atoms with Crippen molar-refractivity contribution in [2.24, 2.45) is 5.10 Å². The highest BCUT2D eigenvalue weighted by Crippen LogP contribution is 2.10. The van der Waals surface area contributed by atoms with Gasteiger partial charge in [-0.25, -0.2) is 9.82 Å². The molecule has 1 N–H and O–H groups in total. The number of nitrogens with one attached hydrogen (secondary N) is 1. The van der Waals surface area contributed by atoms with Gasteiger partial charge in [-0.15, -0.1) is 0 Å². The SMILES string of the molecule is C/C(=N\NC(=O)Cc1ccc(F)cc1)c1ccc(Cl)cc1. The molecule has 1 amide bonds. The summed E-state index contributed by atoms with van der Waals surface area (Å²) in [5.74, 6) is -0.578. The molecule has 0 aliphatic rings. The summed E-state index contributed by atoms with van der Waals surface area (Å²) >= 11 is 5.81. The van der Waals surface area contributed by atoms with Gasteiger partial charge in [-0.2, -0.15) is 5.10 Å². The van der Waals surface area contributed by atoms with E-state index in [-0.39, 0.29) is 18.1 Å². The third kappa shape index (κ3) is 4.68. The first-order chi connectivity index (χ1) is 10.0. The number of hydrogen-bond donors (Lipinski definition) is 1. The van der Waals surface area contributed by atoms with E-state index in [1.807, 2.05) is 12.1 Å². The Kier molecular flexibility index (Phi) is 5.06. The molecule has 0 bridgehead atoms. The van der Waals surface area contributed by atoms with E-state index in [1.54, 1.807) is 31.2 Å². The van der Waals surface area contributed by atoms with E-state index in [2.05, 4.69) is 10.5 Å². The Hall–Kier alpha value is -2.20. The summed E-state index contributed by atoms with van der Waals surface area (Å²) in [4.78, 5) is 11.8. The molecule has 21 heavy (non-hydrogen) atoms. The van der Waals surface area contributed by atoms with Gasteiger partial charge in [0.1, 0.15) is 5.82 Å². The lowest BCUT2D eigenvalue weighted by atomic mass is 10.1. The molecule has 2 rings (SSSR count). The van der Waals surface area contributed by atoms with Crippen molar-refractivity contribution in [3.63, 3.8) is 0 Å². The lowest BCUT2D eigenvalue weighted by Gasteiger charge is -2.03. The van der Waals surface area contributed by atoms with Gasteiger partial charge in [0.2, 0.25) is 5.91 Å². The van der Waals surface area contributed by atoms with Crippen LogP contribution in [0.5, 0.6) is 0 Å². The largest absolute Gasteiger partial charge is 0.273 e. The Morgan fingerprint density at radius 1 is 1.14 bits per heavy atom. The van der Waals surface area contributed by atoms with Crippen molar-refractivity contribution >= 4 is 23.2 Å². The second kappa shape index (κ2) is 6.99. The molecule has 0 aromatic heterocycles. The molecule has 0 radical (unpaired) electrons. The first kappa shape index (κ1) is 15.2. The molecule has 2 aromatic rings. The van der Waals surface area contributed by atoms with Gasteiger partial charge in [-0.3, -0.25) is 4.79 Å². The zero-order valence-electron chi connectivity index (χ0n) is 11.4. The van der Waals surface area contributed by atoms with Gasteiger partial charge in [0, 0.05) is 5.02 Å². The second-order valence-electron chi connectivity index (χ2n) is 4.54. The zero-order chi connectivity index (χ0) is 15.2. The quantitative estimate of drug-likeness (QED) is 0.681. The lowest BCUT2D eigenvalue weighted by Crippen LogP contribution is -2.21. The van der Waals surface area contributed by atoms with Gasteiger partial charge in [0.05, 0.1) is 12.1 Å². The fourth-order valence-corrected chi connectivity index (χ4v) is 1.86. The number of nitrogens with zero attached hydrogens (tertiary/aromatic N) is 1. The van der Waals surface area contributed by atoms with Crippen LogP contribution in [0.1, 0.15) is 18.1 Å². The van der Waals surface area contributed by atoms with Crippen molar-refractivity contribution < 1.29 is 9.18 Å². The van der Waals surface area contributed by atoms with E-state index in [0.29, 0.717) is 10.7 Å². The van der Waals surface area contributed by atoms with Crippen molar-refractivity contribution in [3.8, 4) is 0 Å². The Labute approximate surface area is 127 Å². The van der Waals surface area contributed by atoms with Crippen LogP contribution in [0.4, 0.5) is 4.39 Å². The van der Waals surface area contributed by atoms with E-state index in [4.69, 9.17) is 11.6 Å². The van der Waals surface area contributed by atoms with E-state index in [0.717, 1.165) is 11.1 Å². The zero-order valence-corrected chi connectivity index (χ0v) is 12.2. The highest BCUT2D eigenvalue weighted by Gasteiger charge is 2.03. The third-order valence-corrected chi connectivity index (χ3v) is 3.14. The first-order valence-electron chi connectivity index (χ1n) is 6.38. The van der Waals surface area contributed by atoms with Crippen LogP contribution in [0.3, 0.4) is 0 Å². The Morgan fingerprint density at radius 2 is 1.76 bits per heavy atom. The minimum absolute atomic E-state index is 0.150. The summed E-state index contributed by atoms with van der Waals surface area (Å²) in [6.07, 6.45) is 0.150. The van der Waals surface area contributed by atoms with Crippen LogP contribution in [0.25, 0.3) is 0 Å². The van der Waals surface area contributed by atoms with Gasteiger partial charge in [0.25, 0.3) is 0 Å². The topological polar surface area (TPSA) is 41.5 Å². The molecule has 0 saturated heterocycles. The fourth-order valence-electron chi connectivity index (χ4n) is 1.73. The number of benzene rings is 2. The molecule has 0 heterocycles. The Balaban J connectivity index is 1.94. The monoisotopic (exact) mass is 304 g/mol. The highest BCUT2D eigenvalue weighted by atomic mass is 35.5. The smallest absolute Gasteiger partial charge is 0.244 e. The van der Waals surface area contributed by atoms with Crippen molar-refractivity contribution in [2.45, 2.75) is 13.3 Å². The molecule has 5 heteroatoms. The lowest BCUT2D eigenvalue weighted by molar-refractivity contribution is -0.120. The van der Waals surface area contributed by atoms with Gasteiger partial charge >= 0.3 is 0 Å². The maximum atomic E-state index is 12.8. The molecule has 0 aliphatic carbocycles. The normalized spacial score (nSPS) is 11.3. The predicted molar refractivity (Wildman–Crippen MR) is 81.9 cm³/mol. The van der Waals surface area contributed by atoms with E-state index >= 15 is 0 Å². The van der Waals surface area contributed by atoms with E-state index < -0.39 is 0 Å². The highest BCUT2D eigenvalue weighted by molar-refractivity contribution is 6.30. The van der Waals surface area contributed by atoms with Crippen molar-refractivity contribution in [1.82, 2.24) is 5.43 Å². The van der Waals surface area contributed by atoms with Gasteiger partial charge in [-0.1, -0.05) is 35.9 Å². The van der Waals surface area contributed by atoms with Gasteiger partial charge < -0.3 is 0 Å². The fraction of sp³-hybridized carbons (Fsp3) is 0.125. The van der Waals surface area contributed by atoms with Crippen LogP contribution in [-0.4, -0.2) is 11.6 Å². The summed E-state index contributed by atoms with van der Waals surface area (Å²) < 4.78 is 12.8. The number of amides is 1. The molecular weight excluding hydrogens is 291 g/mol. The predicted octanol–water partition coefficient (Wildman–Crippen LogP) is 3.56. The Bertz CT molecular complexity index is 651. The molecule has 108 valence electrons. The molecule has 0 spiro atoms.